The van der Waals surface area contributed by atoms with Crippen LogP contribution in [0.2, 0.25) is 5.02 Å². The van der Waals surface area contributed by atoms with Crippen molar-refractivity contribution in [2.45, 2.75) is 50.6 Å². The van der Waals surface area contributed by atoms with Crippen LogP contribution in [0.1, 0.15) is 54.6 Å². The van der Waals surface area contributed by atoms with Crippen LogP contribution in [0.4, 0.5) is 33.3 Å². The van der Waals surface area contributed by atoms with Gasteiger partial charge in [0.25, 0.3) is 5.91 Å². The fraction of sp³-hybridized carbons (Fsp3) is 0.481. The number of halogens is 6. The number of anilines is 2. The van der Waals surface area contributed by atoms with E-state index in [1.165, 1.54) is 4.90 Å². The van der Waals surface area contributed by atoms with Gasteiger partial charge in [0.2, 0.25) is 11.8 Å². The summed E-state index contributed by atoms with van der Waals surface area (Å²) in [5.74, 6) is -3.84. The summed E-state index contributed by atoms with van der Waals surface area (Å²) < 4.78 is 68.9. The van der Waals surface area contributed by atoms with Crippen LogP contribution in [0.15, 0.2) is 36.4 Å². The molecule has 1 aliphatic rings. The van der Waals surface area contributed by atoms with Crippen LogP contribution in [-0.2, 0) is 16.4 Å². The molecule has 12 heteroatoms. The van der Waals surface area contributed by atoms with Crippen molar-refractivity contribution in [1.82, 2.24) is 10.6 Å². The minimum Gasteiger partial charge on any atom is -0.371 e. The van der Waals surface area contributed by atoms with E-state index in [9.17, 15) is 31.5 Å². The molecule has 1 heterocycles. The molecule has 3 N–H and O–H groups in total. The van der Waals surface area contributed by atoms with E-state index >= 15 is 0 Å². The normalized spacial score (nSPS) is 16.0. The van der Waals surface area contributed by atoms with E-state index in [0.29, 0.717) is 12.2 Å². The highest BCUT2D eigenvalue weighted by Crippen LogP contribution is 2.40. The molecule has 1 aliphatic heterocycles. The van der Waals surface area contributed by atoms with Crippen LogP contribution in [0.5, 0.6) is 0 Å². The summed E-state index contributed by atoms with van der Waals surface area (Å²) in [7, 11) is 1.66. The van der Waals surface area contributed by atoms with Crippen LogP contribution in [-0.4, -0.2) is 51.0 Å². The summed E-state index contributed by atoms with van der Waals surface area (Å²) in [6.07, 6.45) is -5.66. The lowest BCUT2D eigenvalue weighted by molar-refractivity contribution is -0.137. The number of alkyl halides is 5. The Morgan fingerprint density at radius 1 is 1.08 bits per heavy atom. The number of carbonyl (C=O) groups excluding carboxylic acids is 2. The molecule has 1 saturated heterocycles. The van der Waals surface area contributed by atoms with Crippen LogP contribution < -0.4 is 20.9 Å². The number of benzene rings is 2. The summed E-state index contributed by atoms with van der Waals surface area (Å²) in [5.41, 5.74) is -0.741. The first-order valence-electron chi connectivity index (χ1n) is 12.5. The fourth-order valence-electron chi connectivity index (χ4n) is 4.39. The molecular formula is C27H32ClF5N4O2. The average molecular weight is 575 g/mol. The third-order valence-electron chi connectivity index (χ3n) is 6.66. The highest BCUT2D eigenvalue weighted by atomic mass is 35.5. The van der Waals surface area contributed by atoms with Gasteiger partial charge in [0.05, 0.1) is 28.4 Å². The zero-order valence-corrected chi connectivity index (χ0v) is 22.7. The van der Waals surface area contributed by atoms with E-state index in [-0.39, 0.29) is 49.6 Å². The molecule has 0 unspecified atom stereocenters. The molecule has 2 amide bonds. The fourth-order valence-corrected chi connectivity index (χ4v) is 4.66. The Morgan fingerprint density at radius 2 is 1.79 bits per heavy atom. The van der Waals surface area contributed by atoms with Crippen LogP contribution >= 0.6 is 11.6 Å². The summed E-state index contributed by atoms with van der Waals surface area (Å²) in [5, 5.41) is 7.64. The van der Waals surface area contributed by atoms with Gasteiger partial charge in [-0.15, -0.1) is 0 Å². The third-order valence-corrected chi connectivity index (χ3v) is 6.97. The van der Waals surface area contributed by atoms with E-state index in [2.05, 4.69) is 16.0 Å². The highest BCUT2D eigenvalue weighted by molar-refractivity contribution is 6.32. The number of hydrogen-bond donors (Lipinski definition) is 3. The van der Waals surface area contributed by atoms with Crippen molar-refractivity contribution in [2.75, 3.05) is 43.4 Å². The molecule has 6 nitrogen and oxygen atoms in total. The van der Waals surface area contributed by atoms with Crippen LogP contribution in [0.3, 0.4) is 0 Å². The molecule has 3 rings (SSSR count). The Morgan fingerprint density at radius 3 is 2.46 bits per heavy atom. The maximum absolute atomic E-state index is 14.0. The van der Waals surface area contributed by atoms with Gasteiger partial charge in [-0.2, -0.15) is 13.2 Å². The minimum absolute atomic E-state index is 0.0556. The van der Waals surface area contributed by atoms with Gasteiger partial charge in [0.15, 0.2) is 0 Å². The van der Waals surface area contributed by atoms with E-state index in [4.69, 9.17) is 11.6 Å². The topological polar surface area (TPSA) is 73.5 Å². The maximum atomic E-state index is 14.0. The molecule has 2 aromatic carbocycles. The first-order chi connectivity index (χ1) is 18.1. The van der Waals surface area contributed by atoms with Gasteiger partial charge >= 0.3 is 6.18 Å². The first kappa shape index (κ1) is 30.6. The lowest BCUT2D eigenvalue weighted by Crippen LogP contribution is -2.40. The predicted octanol–water partition coefficient (Wildman–Crippen LogP) is 5.85. The molecule has 1 fully saturated rings. The molecule has 0 bridgehead atoms. The average Bonchev–Trinajstić information content (AvgIpc) is 3.02. The monoisotopic (exact) mass is 574 g/mol. The second-order valence-electron chi connectivity index (χ2n) is 10.3. The van der Waals surface area contributed by atoms with Crippen molar-refractivity contribution in [3.8, 4) is 0 Å². The Balaban J connectivity index is 1.91. The molecule has 0 aliphatic carbocycles. The number of likely N-dealkylation sites (N-methyl/N-ethyl adjacent to an activating group) is 1. The van der Waals surface area contributed by atoms with Gasteiger partial charge < -0.3 is 20.9 Å². The standard InChI is InChI=1S/C27H32ClF5N4O2/c1-25(2,16-35-23(38)15-34-3)17-6-4-7-18(12-17)36-24(39)19-13-21(28)20(27(31,32)33)14-22(19)37-10-5-8-26(29,30)9-11-37/h4,6-7,12-14,34H,5,8-11,15-16H2,1-3H3,(H,35,38)(H,36,39). The molecule has 214 valence electrons. The largest absolute Gasteiger partial charge is 0.417 e. The van der Waals surface area contributed by atoms with Gasteiger partial charge in [0, 0.05) is 43.6 Å². The van der Waals surface area contributed by atoms with E-state index in [1.54, 1.807) is 25.2 Å². The molecule has 39 heavy (non-hydrogen) atoms. The van der Waals surface area contributed by atoms with Gasteiger partial charge in [-0.25, -0.2) is 8.78 Å². The third kappa shape index (κ3) is 8.04. The van der Waals surface area contributed by atoms with Crippen molar-refractivity contribution >= 4 is 34.8 Å². The molecule has 0 spiro atoms. The number of amides is 2. The smallest absolute Gasteiger partial charge is 0.371 e. The summed E-state index contributed by atoms with van der Waals surface area (Å²) in [6.45, 7) is 4.17. The number of nitrogens with one attached hydrogen (secondary N) is 3. The van der Waals surface area contributed by atoms with Crippen molar-refractivity contribution in [3.05, 3.63) is 58.1 Å². The van der Waals surface area contributed by atoms with Gasteiger partial charge in [-0.1, -0.05) is 37.6 Å². The maximum Gasteiger partial charge on any atom is 0.417 e. The van der Waals surface area contributed by atoms with E-state index in [1.807, 2.05) is 19.9 Å². The minimum atomic E-state index is -4.79. The molecule has 0 saturated carbocycles. The Bertz CT molecular complexity index is 1200. The predicted molar refractivity (Wildman–Crippen MR) is 142 cm³/mol. The van der Waals surface area contributed by atoms with Crippen LogP contribution in [0.25, 0.3) is 0 Å². The van der Waals surface area contributed by atoms with Crippen molar-refractivity contribution in [3.63, 3.8) is 0 Å². The van der Waals surface area contributed by atoms with Gasteiger partial charge in [-0.3, -0.25) is 9.59 Å². The summed E-state index contributed by atoms with van der Waals surface area (Å²) >= 11 is 5.94. The Hall–Kier alpha value is -2.92. The first-order valence-corrected chi connectivity index (χ1v) is 12.9. The van der Waals surface area contributed by atoms with E-state index in [0.717, 1.165) is 17.7 Å². The lowest BCUT2D eigenvalue weighted by atomic mass is 9.84. The molecule has 2 aromatic rings. The van der Waals surface area contributed by atoms with Crippen molar-refractivity contribution in [1.29, 1.82) is 0 Å². The Labute approximate surface area is 229 Å². The quantitative estimate of drug-likeness (QED) is 0.346. The zero-order valence-electron chi connectivity index (χ0n) is 21.9. The molecular weight excluding hydrogens is 543 g/mol. The second-order valence-corrected chi connectivity index (χ2v) is 10.7. The van der Waals surface area contributed by atoms with Gasteiger partial charge in [0.1, 0.15) is 0 Å². The Kier molecular flexibility index (Phi) is 9.48. The highest BCUT2D eigenvalue weighted by Gasteiger charge is 2.37. The molecule has 0 atom stereocenters. The molecule has 0 radical (unpaired) electrons. The summed E-state index contributed by atoms with van der Waals surface area (Å²) in [4.78, 5) is 26.6. The number of nitrogens with zero attached hydrogens (tertiary/aromatic N) is 1. The number of rotatable bonds is 8. The van der Waals surface area contributed by atoms with E-state index < -0.39 is 40.4 Å². The van der Waals surface area contributed by atoms with Crippen molar-refractivity contribution < 1.29 is 31.5 Å². The van der Waals surface area contributed by atoms with Crippen molar-refractivity contribution in [2.24, 2.45) is 0 Å². The SMILES string of the molecule is CNCC(=O)NCC(C)(C)c1cccc(NC(=O)c2cc(Cl)c(C(F)(F)F)cc2N2CCCC(F)(F)CC2)c1. The zero-order chi connectivity index (χ0) is 29.0. The summed E-state index contributed by atoms with van der Waals surface area (Å²) in [6, 6.07) is 8.56. The number of carbonyl (C=O) groups is 2. The molecule has 0 aromatic heterocycles. The number of hydrogen-bond acceptors (Lipinski definition) is 4. The lowest BCUT2D eigenvalue weighted by Gasteiger charge is -2.27. The van der Waals surface area contributed by atoms with Gasteiger partial charge in [-0.05, 0) is 43.3 Å². The van der Waals surface area contributed by atoms with Crippen LogP contribution in [0, 0.1) is 0 Å². The second kappa shape index (κ2) is 12.1.